The van der Waals surface area contributed by atoms with Crippen LogP contribution in [0.3, 0.4) is 0 Å². The highest BCUT2D eigenvalue weighted by Gasteiger charge is 2.13. The van der Waals surface area contributed by atoms with Crippen LogP contribution in [0.4, 0.5) is 5.69 Å². The van der Waals surface area contributed by atoms with Crippen molar-refractivity contribution in [2.45, 2.75) is 6.42 Å². The van der Waals surface area contributed by atoms with Crippen LogP contribution < -0.4 is 10.7 Å². The molecule has 5 nitrogen and oxygen atoms in total. The molecule has 0 saturated heterocycles. The first-order chi connectivity index (χ1) is 14.3. The molecule has 0 radical (unpaired) electrons. The van der Waals surface area contributed by atoms with Crippen molar-refractivity contribution in [2.75, 3.05) is 17.6 Å². The molecule has 146 valence electrons. The zero-order valence-corrected chi connectivity index (χ0v) is 17.3. The maximum atomic E-state index is 12.2. The van der Waals surface area contributed by atoms with E-state index in [9.17, 15) is 4.79 Å². The van der Waals surface area contributed by atoms with Gasteiger partial charge in [0.2, 0.25) is 0 Å². The highest BCUT2D eigenvalue weighted by molar-refractivity contribution is 8.14. The Balaban J connectivity index is 1.32. The molecule has 2 heterocycles. The van der Waals surface area contributed by atoms with E-state index in [1.807, 2.05) is 42.5 Å². The smallest absolute Gasteiger partial charge is 0.255 e. The molecule has 2 N–H and O–H groups in total. The third-order valence-corrected chi connectivity index (χ3v) is 6.19. The standard InChI is InChI=1S/C22H20N4OS2/c27-21(17-5-2-1-3-6-17)24-18-10-8-16(9-11-18)20-15-29-22(26-25-20)23-13-12-19-7-4-14-28-19/h1-11,14H,12-13,15H2,(H,23,26)(H,24,27). The number of anilines is 1. The number of hydrogen-bond acceptors (Lipinski definition) is 5. The third-order valence-electron chi connectivity index (χ3n) is 4.34. The molecule has 7 heteroatoms. The highest BCUT2D eigenvalue weighted by atomic mass is 32.2. The van der Waals surface area contributed by atoms with Crippen LogP contribution in [-0.2, 0) is 6.42 Å². The van der Waals surface area contributed by atoms with Crippen LogP contribution in [0.15, 0.2) is 82.2 Å². The van der Waals surface area contributed by atoms with Gasteiger partial charge in [0, 0.05) is 34.8 Å². The molecule has 2 aromatic carbocycles. The van der Waals surface area contributed by atoms with Crippen LogP contribution in [0.25, 0.3) is 0 Å². The molecule has 0 saturated carbocycles. The summed E-state index contributed by atoms with van der Waals surface area (Å²) in [5.41, 5.74) is 6.44. The minimum absolute atomic E-state index is 0.117. The summed E-state index contributed by atoms with van der Waals surface area (Å²) in [4.78, 5) is 18.2. The molecule has 4 rings (SSSR count). The Morgan fingerprint density at radius 1 is 1.07 bits per heavy atom. The van der Waals surface area contributed by atoms with Crippen molar-refractivity contribution >= 4 is 45.6 Å². The molecule has 0 unspecified atom stereocenters. The molecule has 1 aliphatic rings. The molecule has 1 amide bonds. The zero-order chi connectivity index (χ0) is 19.9. The second kappa shape index (κ2) is 9.54. The van der Waals surface area contributed by atoms with E-state index in [1.54, 1.807) is 35.2 Å². The normalized spacial score (nSPS) is 14.9. The summed E-state index contributed by atoms with van der Waals surface area (Å²) in [6, 6.07) is 21.1. The van der Waals surface area contributed by atoms with Gasteiger partial charge in [-0.15, -0.1) is 11.3 Å². The van der Waals surface area contributed by atoms with Crippen molar-refractivity contribution < 1.29 is 4.79 Å². The number of thioether (sulfide) groups is 1. The Labute approximate surface area is 178 Å². The first-order valence-electron chi connectivity index (χ1n) is 9.27. The van der Waals surface area contributed by atoms with Crippen molar-refractivity contribution in [1.29, 1.82) is 0 Å². The number of amides is 1. The highest BCUT2D eigenvalue weighted by Crippen LogP contribution is 2.17. The van der Waals surface area contributed by atoms with Gasteiger partial charge in [0.15, 0.2) is 5.17 Å². The van der Waals surface area contributed by atoms with Crippen molar-refractivity contribution in [3.63, 3.8) is 0 Å². The molecule has 0 fully saturated rings. The van der Waals surface area contributed by atoms with E-state index in [-0.39, 0.29) is 5.91 Å². The van der Waals surface area contributed by atoms with Gasteiger partial charge in [-0.3, -0.25) is 15.2 Å². The average Bonchev–Trinajstić information content (AvgIpc) is 3.29. The molecule has 0 spiro atoms. The molecule has 0 atom stereocenters. The molecular weight excluding hydrogens is 400 g/mol. The Morgan fingerprint density at radius 2 is 1.90 bits per heavy atom. The number of carbonyl (C=O) groups is 1. The maximum Gasteiger partial charge on any atom is 0.255 e. The largest absolute Gasteiger partial charge is 0.322 e. The number of rotatable bonds is 6. The number of nitrogens with zero attached hydrogens (tertiary/aromatic N) is 2. The van der Waals surface area contributed by atoms with Crippen molar-refractivity contribution in [3.05, 3.63) is 88.1 Å². The number of hydrazone groups is 1. The van der Waals surface area contributed by atoms with Gasteiger partial charge in [0.05, 0.1) is 5.71 Å². The SMILES string of the molecule is O=C(Nc1ccc(C2=NNC(=NCCc3cccs3)SC2)cc1)c1ccccc1. The van der Waals surface area contributed by atoms with Crippen LogP contribution >= 0.6 is 23.1 Å². The van der Waals surface area contributed by atoms with E-state index in [4.69, 9.17) is 0 Å². The summed E-state index contributed by atoms with van der Waals surface area (Å²) in [7, 11) is 0. The Morgan fingerprint density at radius 3 is 2.59 bits per heavy atom. The van der Waals surface area contributed by atoms with Gasteiger partial charge in [-0.25, -0.2) is 0 Å². The Kier molecular flexibility index (Phi) is 6.38. The van der Waals surface area contributed by atoms with Crippen LogP contribution in [0, 0.1) is 0 Å². The van der Waals surface area contributed by atoms with Crippen molar-refractivity contribution in [1.82, 2.24) is 5.43 Å². The van der Waals surface area contributed by atoms with E-state index in [1.165, 1.54) is 4.88 Å². The molecule has 0 bridgehead atoms. The second-order valence-electron chi connectivity index (χ2n) is 6.37. The number of thiophene rings is 1. The predicted molar refractivity (Wildman–Crippen MR) is 123 cm³/mol. The van der Waals surface area contributed by atoms with Crippen molar-refractivity contribution in [3.8, 4) is 0 Å². The number of hydrogen-bond donors (Lipinski definition) is 2. The molecule has 3 aromatic rings. The first-order valence-corrected chi connectivity index (χ1v) is 11.1. The van der Waals surface area contributed by atoms with Crippen LogP contribution in [0.1, 0.15) is 20.8 Å². The number of benzene rings is 2. The van der Waals surface area contributed by atoms with E-state index >= 15 is 0 Å². The average molecular weight is 421 g/mol. The van der Waals surface area contributed by atoms with E-state index in [0.717, 1.165) is 40.8 Å². The fourth-order valence-electron chi connectivity index (χ4n) is 2.81. The van der Waals surface area contributed by atoms with E-state index < -0.39 is 0 Å². The fourth-order valence-corrected chi connectivity index (χ4v) is 4.30. The monoisotopic (exact) mass is 420 g/mol. The molecule has 29 heavy (non-hydrogen) atoms. The number of nitrogens with one attached hydrogen (secondary N) is 2. The van der Waals surface area contributed by atoms with Crippen LogP contribution in [0.2, 0.25) is 0 Å². The summed E-state index contributed by atoms with van der Waals surface area (Å²) in [6.07, 6.45) is 0.955. The predicted octanol–water partition coefficient (Wildman–Crippen LogP) is 4.64. The third kappa shape index (κ3) is 5.34. The Hall–Kier alpha value is -2.90. The zero-order valence-electron chi connectivity index (χ0n) is 15.7. The topological polar surface area (TPSA) is 65.8 Å². The lowest BCUT2D eigenvalue weighted by molar-refractivity contribution is 0.102. The van der Waals surface area contributed by atoms with E-state index in [0.29, 0.717) is 5.56 Å². The Bertz CT molecular complexity index is 1010. The molecular formula is C22H20N4OS2. The van der Waals surface area contributed by atoms with Crippen molar-refractivity contribution in [2.24, 2.45) is 10.1 Å². The molecule has 1 aliphatic heterocycles. The number of aliphatic imine (C=N–C) groups is 1. The summed E-state index contributed by atoms with van der Waals surface area (Å²) in [5.74, 6) is 0.648. The van der Waals surface area contributed by atoms with Gasteiger partial charge in [-0.05, 0) is 41.3 Å². The van der Waals surface area contributed by atoms with Gasteiger partial charge in [0.25, 0.3) is 5.91 Å². The van der Waals surface area contributed by atoms with Crippen LogP contribution in [-0.4, -0.2) is 29.1 Å². The van der Waals surface area contributed by atoms with Gasteiger partial charge in [0.1, 0.15) is 0 Å². The lowest BCUT2D eigenvalue weighted by atomic mass is 10.1. The van der Waals surface area contributed by atoms with Gasteiger partial charge >= 0.3 is 0 Å². The first kappa shape index (κ1) is 19.4. The van der Waals surface area contributed by atoms with Gasteiger partial charge < -0.3 is 5.32 Å². The quantitative estimate of drug-likeness (QED) is 0.611. The summed E-state index contributed by atoms with van der Waals surface area (Å²) >= 11 is 3.42. The number of carbonyl (C=O) groups excluding carboxylic acids is 1. The minimum Gasteiger partial charge on any atom is -0.322 e. The summed E-state index contributed by atoms with van der Waals surface area (Å²) in [5, 5.41) is 10.3. The molecule has 0 aliphatic carbocycles. The lowest BCUT2D eigenvalue weighted by Gasteiger charge is -2.15. The summed E-state index contributed by atoms with van der Waals surface area (Å²) < 4.78 is 0. The fraction of sp³-hybridized carbons (Fsp3) is 0.136. The maximum absolute atomic E-state index is 12.2. The molecule has 1 aromatic heterocycles. The summed E-state index contributed by atoms with van der Waals surface area (Å²) in [6.45, 7) is 0.760. The minimum atomic E-state index is -0.117. The van der Waals surface area contributed by atoms with Gasteiger partial charge in [-0.1, -0.05) is 48.2 Å². The van der Waals surface area contributed by atoms with Crippen LogP contribution in [0.5, 0.6) is 0 Å². The number of amidine groups is 1. The van der Waals surface area contributed by atoms with Gasteiger partial charge in [-0.2, -0.15) is 5.10 Å². The lowest BCUT2D eigenvalue weighted by Crippen LogP contribution is -2.25. The second-order valence-corrected chi connectivity index (χ2v) is 8.37. The van der Waals surface area contributed by atoms with E-state index in [2.05, 4.69) is 38.3 Å².